The first-order chi connectivity index (χ1) is 15.5. The molecule has 3 rings (SSSR count). The standard InChI is InChI=1S/C24H24BrN3O4/c1-3-31-22-12-18(6-9-21(22)32-15-17-5-4-10-26-13-17)24(30)27-14-23(29)28-19-7-8-20(25)16(2)11-19/h4-13H,3,14-15H2,1-2H3,(H,27,30)(H,28,29). The molecule has 166 valence electrons. The third-order valence-electron chi connectivity index (χ3n) is 4.47. The number of aryl methyl sites for hydroxylation is 1. The topological polar surface area (TPSA) is 89.5 Å². The third kappa shape index (κ3) is 6.55. The number of amides is 2. The maximum Gasteiger partial charge on any atom is 0.251 e. The summed E-state index contributed by atoms with van der Waals surface area (Å²) in [7, 11) is 0. The van der Waals surface area contributed by atoms with Gasteiger partial charge in [-0.1, -0.05) is 22.0 Å². The van der Waals surface area contributed by atoms with Crippen LogP contribution in [0.1, 0.15) is 28.4 Å². The van der Waals surface area contributed by atoms with Gasteiger partial charge in [0.2, 0.25) is 5.91 Å². The van der Waals surface area contributed by atoms with Crippen LogP contribution in [0.2, 0.25) is 0 Å². The second-order valence-electron chi connectivity index (χ2n) is 6.94. The number of pyridine rings is 1. The van der Waals surface area contributed by atoms with Gasteiger partial charge in [-0.2, -0.15) is 0 Å². The molecule has 8 heteroatoms. The number of halogens is 1. The summed E-state index contributed by atoms with van der Waals surface area (Å²) in [6.07, 6.45) is 3.42. The molecule has 2 N–H and O–H groups in total. The van der Waals surface area contributed by atoms with Gasteiger partial charge < -0.3 is 20.1 Å². The van der Waals surface area contributed by atoms with E-state index in [1.165, 1.54) is 0 Å². The Hall–Kier alpha value is -3.39. The molecule has 0 spiro atoms. The molecule has 0 aliphatic heterocycles. The first-order valence-corrected chi connectivity index (χ1v) is 10.9. The quantitative estimate of drug-likeness (QED) is 0.454. The minimum absolute atomic E-state index is 0.156. The van der Waals surface area contributed by atoms with Gasteiger partial charge in [-0.15, -0.1) is 0 Å². The normalized spacial score (nSPS) is 10.3. The number of aromatic nitrogens is 1. The molecule has 0 radical (unpaired) electrons. The van der Waals surface area contributed by atoms with Gasteiger partial charge in [-0.3, -0.25) is 14.6 Å². The van der Waals surface area contributed by atoms with E-state index in [1.54, 1.807) is 36.7 Å². The van der Waals surface area contributed by atoms with Crippen molar-refractivity contribution in [3.8, 4) is 11.5 Å². The lowest BCUT2D eigenvalue weighted by atomic mass is 10.2. The lowest BCUT2D eigenvalue weighted by Gasteiger charge is -2.13. The lowest BCUT2D eigenvalue weighted by Crippen LogP contribution is -2.32. The molecule has 0 saturated heterocycles. The summed E-state index contributed by atoms with van der Waals surface area (Å²) in [6.45, 7) is 4.38. The van der Waals surface area contributed by atoms with E-state index in [0.29, 0.717) is 36.0 Å². The molecule has 2 aromatic carbocycles. The van der Waals surface area contributed by atoms with Gasteiger partial charge in [0.15, 0.2) is 11.5 Å². The SMILES string of the molecule is CCOc1cc(C(=O)NCC(=O)Nc2ccc(Br)c(C)c2)ccc1OCc1cccnc1. The number of carbonyl (C=O) groups is 2. The van der Waals surface area contributed by atoms with E-state index >= 15 is 0 Å². The minimum Gasteiger partial charge on any atom is -0.490 e. The Kier molecular flexibility index (Phi) is 8.21. The monoisotopic (exact) mass is 497 g/mol. The summed E-state index contributed by atoms with van der Waals surface area (Å²) in [4.78, 5) is 28.8. The average molecular weight is 498 g/mol. The highest BCUT2D eigenvalue weighted by Gasteiger charge is 2.13. The van der Waals surface area contributed by atoms with Gasteiger partial charge in [-0.25, -0.2) is 0 Å². The number of nitrogens with one attached hydrogen (secondary N) is 2. The predicted octanol–water partition coefficient (Wildman–Crippen LogP) is 4.50. The summed E-state index contributed by atoms with van der Waals surface area (Å²) in [5.41, 5.74) is 2.96. The second kappa shape index (κ2) is 11.3. The number of carbonyl (C=O) groups excluding carboxylic acids is 2. The fourth-order valence-electron chi connectivity index (χ4n) is 2.87. The lowest BCUT2D eigenvalue weighted by molar-refractivity contribution is -0.115. The molecule has 0 aliphatic carbocycles. The van der Waals surface area contributed by atoms with Gasteiger partial charge in [0.1, 0.15) is 6.61 Å². The van der Waals surface area contributed by atoms with E-state index in [-0.39, 0.29) is 18.4 Å². The number of anilines is 1. The third-order valence-corrected chi connectivity index (χ3v) is 5.36. The van der Waals surface area contributed by atoms with Crippen molar-refractivity contribution in [2.45, 2.75) is 20.5 Å². The first-order valence-electron chi connectivity index (χ1n) is 10.1. The zero-order chi connectivity index (χ0) is 22.9. The Balaban J connectivity index is 1.59. The zero-order valence-electron chi connectivity index (χ0n) is 17.9. The van der Waals surface area contributed by atoms with Crippen LogP contribution in [-0.4, -0.2) is 29.9 Å². The van der Waals surface area contributed by atoms with Crippen LogP contribution < -0.4 is 20.1 Å². The Morgan fingerprint density at radius 3 is 2.62 bits per heavy atom. The maximum absolute atomic E-state index is 12.5. The number of hydrogen-bond donors (Lipinski definition) is 2. The molecular formula is C24H24BrN3O4. The van der Waals surface area contributed by atoms with Crippen molar-refractivity contribution >= 4 is 33.4 Å². The number of benzene rings is 2. The number of nitrogens with zero attached hydrogens (tertiary/aromatic N) is 1. The highest BCUT2D eigenvalue weighted by Crippen LogP contribution is 2.29. The zero-order valence-corrected chi connectivity index (χ0v) is 19.4. The highest BCUT2D eigenvalue weighted by atomic mass is 79.9. The van der Waals surface area contributed by atoms with Crippen LogP contribution in [0.5, 0.6) is 11.5 Å². The summed E-state index contributed by atoms with van der Waals surface area (Å²) >= 11 is 3.42. The molecule has 0 saturated carbocycles. The number of hydrogen-bond acceptors (Lipinski definition) is 5. The fraction of sp³-hybridized carbons (Fsp3) is 0.208. The molecular weight excluding hydrogens is 474 g/mol. The van der Waals surface area contributed by atoms with E-state index in [1.807, 2.05) is 38.1 Å². The fourth-order valence-corrected chi connectivity index (χ4v) is 3.12. The predicted molar refractivity (Wildman–Crippen MR) is 126 cm³/mol. The molecule has 2 amide bonds. The molecule has 0 unspecified atom stereocenters. The Morgan fingerprint density at radius 2 is 1.91 bits per heavy atom. The molecule has 0 aliphatic rings. The van der Waals surface area contributed by atoms with Crippen molar-refractivity contribution in [2.24, 2.45) is 0 Å². The smallest absolute Gasteiger partial charge is 0.251 e. The second-order valence-corrected chi connectivity index (χ2v) is 7.79. The molecule has 0 fully saturated rings. The number of ether oxygens (including phenoxy) is 2. The largest absolute Gasteiger partial charge is 0.490 e. The Morgan fingerprint density at radius 1 is 1.06 bits per heavy atom. The Bertz CT molecular complexity index is 1090. The van der Waals surface area contributed by atoms with Gasteiger partial charge in [0.05, 0.1) is 13.2 Å². The van der Waals surface area contributed by atoms with Crippen LogP contribution in [0.25, 0.3) is 0 Å². The molecule has 0 atom stereocenters. The summed E-state index contributed by atoms with van der Waals surface area (Å²) < 4.78 is 12.4. The summed E-state index contributed by atoms with van der Waals surface area (Å²) in [6, 6.07) is 14.2. The average Bonchev–Trinajstić information content (AvgIpc) is 2.80. The van der Waals surface area contributed by atoms with Crippen molar-refractivity contribution < 1.29 is 19.1 Å². The van der Waals surface area contributed by atoms with Gasteiger partial charge in [0, 0.05) is 33.7 Å². The van der Waals surface area contributed by atoms with E-state index in [9.17, 15) is 9.59 Å². The highest BCUT2D eigenvalue weighted by molar-refractivity contribution is 9.10. The van der Waals surface area contributed by atoms with Crippen molar-refractivity contribution in [3.05, 3.63) is 82.1 Å². The first kappa shape index (κ1) is 23.3. The van der Waals surface area contributed by atoms with Crippen LogP contribution in [0, 0.1) is 6.92 Å². The van der Waals surface area contributed by atoms with Crippen molar-refractivity contribution in [1.82, 2.24) is 10.3 Å². The van der Waals surface area contributed by atoms with Crippen LogP contribution in [0.15, 0.2) is 65.4 Å². The van der Waals surface area contributed by atoms with Crippen molar-refractivity contribution in [2.75, 3.05) is 18.5 Å². The van der Waals surface area contributed by atoms with Crippen LogP contribution >= 0.6 is 15.9 Å². The van der Waals surface area contributed by atoms with Gasteiger partial charge in [-0.05, 0) is 61.9 Å². The van der Waals surface area contributed by atoms with Crippen LogP contribution in [0.4, 0.5) is 5.69 Å². The number of rotatable bonds is 9. The van der Waals surface area contributed by atoms with Crippen molar-refractivity contribution in [1.29, 1.82) is 0 Å². The summed E-state index contributed by atoms with van der Waals surface area (Å²) in [5, 5.41) is 5.39. The van der Waals surface area contributed by atoms with E-state index in [2.05, 4.69) is 31.5 Å². The molecule has 7 nitrogen and oxygen atoms in total. The molecule has 0 bridgehead atoms. The maximum atomic E-state index is 12.5. The molecule has 1 heterocycles. The van der Waals surface area contributed by atoms with Gasteiger partial charge in [0.25, 0.3) is 5.91 Å². The minimum atomic E-state index is -0.383. The van der Waals surface area contributed by atoms with Crippen LogP contribution in [0.3, 0.4) is 0 Å². The van der Waals surface area contributed by atoms with E-state index in [4.69, 9.17) is 9.47 Å². The van der Waals surface area contributed by atoms with Gasteiger partial charge >= 0.3 is 0 Å². The van der Waals surface area contributed by atoms with E-state index < -0.39 is 0 Å². The summed E-state index contributed by atoms with van der Waals surface area (Å²) in [5.74, 6) is 0.280. The van der Waals surface area contributed by atoms with E-state index in [0.717, 1.165) is 15.6 Å². The van der Waals surface area contributed by atoms with Crippen molar-refractivity contribution in [3.63, 3.8) is 0 Å². The van der Waals surface area contributed by atoms with Crippen LogP contribution in [-0.2, 0) is 11.4 Å². The molecule has 32 heavy (non-hydrogen) atoms. The molecule has 3 aromatic rings. The molecule has 1 aromatic heterocycles. The Labute approximate surface area is 195 Å².